The molecule has 1 aliphatic rings. The molecule has 0 aromatic carbocycles. The van der Waals surface area contributed by atoms with Crippen LogP contribution in [0.3, 0.4) is 0 Å². The van der Waals surface area contributed by atoms with Crippen molar-refractivity contribution in [1.29, 1.82) is 0 Å². The minimum Gasteiger partial charge on any atom is -0.481 e. The highest BCUT2D eigenvalue weighted by atomic mass is 32.2. The van der Waals surface area contributed by atoms with Crippen molar-refractivity contribution in [3.05, 3.63) is 29.6 Å². The molecule has 6 heteroatoms. The highest BCUT2D eigenvalue weighted by Gasteiger charge is 2.29. The number of carbonyl (C=O) groups is 2. The van der Waals surface area contributed by atoms with Crippen LogP contribution < -0.4 is 0 Å². The number of hydrogen-bond acceptors (Lipinski definition) is 4. The van der Waals surface area contributed by atoms with Gasteiger partial charge in [-0.25, -0.2) is 0 Å². The summed E-state index contributed by atoms with van der Waals surface area (Å²) in [5, 5.41) is 8.92. The summed E-state index contributed by atoms with van der Waals surface area (Å²) >= 11 is 1.69. The Bertz CT molecular complexity index is 493. The van der Waals surface area contributed by atoms with E-state index >= 15 is 0 Å². The van der Waals surface area contributed by atoms with E-state index in [9.17, 15) is 9.59 Å². The first-order valence-electron chi connectivity index (χ1n) is 6.11. The van der Waals surface area contributed by atoms with Crippen molar-refractivity contribution in [2.45, 2.75) is 19.4 Å². The Labute approximate surface area is 116 Å². The summed E-state index contributed by atoms with van der Waals surface area (Å²) in [5.41, 5.74) is 1.36. The molecule has 102 valence electrons. The monoisotopic (exact) mass is 280 g/mol. The summed E-state index contributed by atoms with van der Waals surface area (Å²) < 4.78 is 0. The van der Waals surface area contributed by atoms with E-state index < -0.39 is 5.97 Å². The first kappa shape index (κ1) is 13.9. The molecule has 2 heterocycles. The maximum absolute atomic E-state index is 12.4. The van der Waals surface area contributed by atoms with Gasteiger partial charge in [-0.2, -0.15) is 11.8 Å². The van der Waals surface area contributed by atoms with Gasteiger partial charge in [0, 0.05) is 35.5 Å². The molecule has 0 spiro atoms. The highest BCUT2D eigenvalue weighted by Crippen LogP contribution is 2.21. The third-order valence-electron chi connectivity index (χ3n) is 3.04. The standard InChI is InChI=1S/C13H16N2O3S/c1-9-6-10(2-3-14-9)13(18)15-4-5-19-8-11(15)7-12(16)17/h2-3,6,11H,4-5,7-8H2,1H3,(H,16,17). The van der Waals surface area contributed by atoms with Crippen LogP contribution in [-0.2, 0) is 4.79 Å². The van der Waals surface area contributed by atoms with E-state index in [1.165, 1.54) is 0 Å². The van der Waals surface area contributed by atoms with Crippen LogP contribution in [0.1, 0.15) is 22.5 Å². The first-order valence-corrected chi connectivity index (χ1v) is 7.26. The molecule has 1 aromatic rings. The van der Waals surface area contributed by atoms with E-state index in [-0.39, 0.29) is 18.4 Å². The van der Waals surface area contributed by atoms with Gasteiger partial charge in [0.25, 0.3) is 5.91 Å². The number of thioether (sulfide) groups is 1. The third-order valence-corrected chi connectivity index (χ3v) is 4.13. The van der Waals surface area contributed by atoms with Gasteiger partial charge in [0.15, 0.2) is 0 Å². The van der Waals surface area contributed by atoms with Crippen molar-refractivity contribution >= 4 is 23.6 Å². The van der Waals surface area contributed by atoms with E-state index in [4.69, 9.17) is 5.11 Å². The van der Waals surface area contributed by atoms with E-state index in [0.717, 1.165) is 11.4 Å². The second-order valence-electron chi connectivity index (χ2n) is 4.51. The number of carbonyl (C=O) groups excluding carboxylic acids is 1. The van der Waals surface area contributed by atoms with Crippen molar-refractivity contribution in [2.75, 3.05) is 18.1 Å². The summed E-state index contributed by atoms with van der Waals surface area (Å²) in [7, 11) is 0. The number of amides is 1. The molecular weight excluding hydrogens is 264 g/mol. The number of aromatic nitrogens is 1. The van der Waals surface area contributed by atoms with Crippen molar-refractivity contribution in [1.82, 2.24) is 9.88 Å². The molecule has 1 unspecified atom stereocenters. The van der Waals surface area contributed by atoms with Crippen LogP contribution in [0.4, 0.5) is 0 Å². The zero-order valence-electron chi connectivity index (χ0n) is 10.7. The van der Waals surface area contributed by atoms with Crippen molar-refractivity contribution in [3.8, 4) is 0 Å². The molecule has 0 radical (unpaired) electrons. The van der Waals surface area contributed by atoms with Gasteiger partial charge in [0.2, 0.25) is 0 Å². The lowest BCUT2D eigenvalue weighted by Crippen LogP contribution is -2.47. The largest absolute Gasteiger partial charge is 0.481 e. The number of carboxylic acids is 1. The van der Waals surface area contributed by atoms with Gasteiger partial charge in [0.1, 0.15) is 0 Å². The van der Waals surface area contributed by atoms with Crippen molar-refractivity contribution < 1.29 is 14.7 Å². The molecule has 0 bridgehead atoms. The first-order chi connectivity index (χ1) is 9.08. The molecular formula is C13H16N2O3S. The Morgan fingerprint density at radius 2 is 2.37 bits per heavy atom. The molecule has 1 aliphatic heterocycles. The smallest absolute Gasteiger partial charge is 0.305 e. The minimum absolute atomic E-state index is 0.00278. The lowest BCUT2D eigenvalue weighted by molar-refractivity contribution is -0.138. The third kappa shape index (κ3) is 3.47. The molecule has 19 heavy (non-hydrogen) atoms. The zero-order chi connectivity index (χ0) is 13.8. The number of nitrogens with zero attached hydrogens (tertiary/aromatic N) is 2. The second kappa shape index (κ2) is 6.06. The van der Waals surface area contributed by atoms with Crippen molar-refractivity contribution in [2.24, 2.45) is 0 Å². The van der Waals surface area contributed by atoms with Crippen LogP contribution in [-0.4, -0.2) is 51.0 Å². The fourth-order valence-electron chi connectivity index (χ4n) is 2.14. The quantitative estimate of drug-likeness (QED) is 0.906. The van der Waals surface area contributed by atoms with Gasteiger partial charge < -0.3 is 10.0 Å². The Morgan fingerprint density at radius 3 is 3.05 bits per heavy atom. The van der Waals surface area contributed by atoms with Gasteiger partial charge >= 0.3 is 5.97 Å². The van der Waals surface area contributed by atoms with Crippen LogP contribution in [0.5, 0.6) is 0 Å². The Hall–Kier alpha value is -1.56. The molecule has 1 aromatic heterocycles. The fourth-order valence-corrected chi connectivity index (χ4v) is 3.20. The molecule has 0 saturated carbocycles. The number of aliphatic carboxylic acids is 1. The van der Waals surface area contributed by atoms with E-state index in [0.29, 0.717) is 17.9 Å². The molecule has 1 amide bonds. The fraction of sp³-hybridized carbons (Fsp3) is 0.462. The van der Waals surface area contributed by atoms with Gasteiger partial charge in [-0.15, -0.1) is 0 Å². The Kier molecular flexibility index (Phi) is 4.42. The zero-order valence-corrected chi connectivity index (χ0v) is 11.5. The molecule has 0 aliphatic carbocycles. The predicted octanol–water partition coefficient (Wildman–Crippen LogP) is 1.42. The SMILES string of the molecule is Cc1cc(C(=O)N2CCSCC2CC(=O)O)ccn1. The van der Waals surface area contributed by atoms with Crippen LogP contribution in [0.25, 0.3) is 0 Å². The lowest BCUT2D eigenvalue weighted by Gasteiger charge is -2.34. The van der Waals surface area contributed by atoms with Crippen LogP contribution in [0.15, 0.2) is 18.3 Å². The van der Waals surface area contributed by atoms with Crippen LogP contribution >= 0.6 is 11.8 Å². The van der Waals surface area contributed by atoms with Crippen molar-refractivity contribution in [3.63, 3.8) is 0 Å². The van der Waals surface area contributed by atoms with Gasteiger partial charge in [-0.1, -0.05) is 0 Å². The van der Waals surface area contributed by atoms with Crippen LogP contribution in [0, 0.1) is 6.92 Å². The maximum atomic E-state index is 12.4. The van der Waals surface area contributed by atoms with E-state index in [1.807, 2.05) is 6.92 Å². The topological polar surface area (TPSA) is 70.5 Å². The summed E-state index contributed by atoms with van der Waals surface area (Å²) in [6.07, 6.45) is 1.61. The molecule has 1 atom stereocenters. The summed E-state index contributed by atoms with van der Waals surface area (Å²) in [6.45, 7) is 2.43. The van der Waals surface area contributed by atoms with Gasteiger partial charge in [-0.05, 0) is 19.1 Å². The second-order valence-corrected chi connectivity index (χ2v) is 5.66. The number of rotatable bonds is 3. The van der Waals surface area contributed by atoms with Crippen LogP contribution in [0.2, 0.25) is 0 Å². The number of carboxylic acid groups (broad SMARTS) is 1. The molecule has 5 nitrogen and oxygen atoms in total. The summed E-state index contributed by atoms with van der Waals surface area (Å²) in [4.78, 5) is 29.1. The Morgan fingerprint density at radius 1 is 1.58 bits per heavy atom. The van der Waals surface area contributed by atoms with E-state index in [1.54, 1.807) is 35.0 Å². The lowest BCUT2D eigenvalue weighted by atomic mass is 10.1. The molecule has 1 fully saturated rings. The Balaban J connectivity index is 2.17. The average Bonchev–Trinajstić information content (AvgIpc) is 2.38. The molecule has 1 N–H and O–H groups in total. The average molecular weight is 280 g/mol. The summed E-state index contributed by atoms with van der Waals surface area (Å²) in [6, 6.07) is 3.19. The predicted molar refractivity (Wildman–Crippen MR) is 73.4 cm³/mol. The molecule has 1 saturated heterocycles. The minimum atomic E-state index is -0.865. The number of pyridine rings is 1. The highest BCUT2D eigenvalue weighted by molar-refractivity contribution is 7.99. The summed E-state index contributed by atoms with van der Waals surface area (Å²) in [5.74, 6) is 0.571. The molecule has 2 rings (SSSR count). The normalized spacial score (nSPS) is 19.2. The van der Waals surface area contributed by atoms with Gasteiger partial charge in [0.05, 0.1) is 12.5 Å². The van der Waals surface area contributed by atoms with E-state index in [2.05, 4.69) is 4.98 Å². The van der Waals surface area contributed by atoms with Gasteiger partial charge in [-0.3, -0.25) is 14.6 Å². The maximum Gasteiger partial charge on any atom is 0.305 e. The number of hydrogen-bond donors (Lipinski definition) is 1. The number of aryl methyl sites for hydroxylation is 1.